The van der Waals surface area contributed by atoms with Crippen LogP contribution in [0, 0.1) is 0 Å². The van der Waals surface area contributed by atoms with Gasteiger partial charge < -0.3 is 0 Å². The van der Waals surface area contributed by atoms with Crippen molar-refractivity contribution in [2.45, 2.75) is 12.8 Å². The largest absolute Gasteiger partial charge is 0.172 e. The van der Waals surface area contributed by atoms with E-state index in [4.69, 9.17) is 4.48 Å². The molecule has 0 radical (unpaired) electrons. The molecular weight excluding hydrogens is 129 g/mol. The molecule has 54 valence electrons. The highest BCUT2D eigenvalue weighted by molar-refractivity contribution is 5.34. The molecule has 0 heterocycles. The van der Waals surface area contributed by atoms with Crippen molar-refractivity contribution < 1.29 is 4.48 Å². The average Bonchev–Trinajstić information content (AvgIpc) is 1.96. The van der Waals surface area contributed by atoms with Crippen molar-refractivity contribution in [1.29, 1.82) is 0 Å². The Labute approximate surface area is 59.6 Å². The third-order valence-corrected chi connectivity index (χ3v) is 1.78. The normalized spacial score (nSPS) is 12.2. The van der Waals surface area contributed by atoms with Crippen LogP contribution in [0.15, 0.2) is 24.3 Å². The van der Waals surface area contributed by atoms with Gasteiger partial charge in [0.05, 0.1) is 0 Å². The van der Waals surface area contributed by atoms with Gasteiger partial charge in [-0.2, -0.15) is 5.96 Å². The van der Waals surface area contributed by atoms with Crippen LogP contribution in [-0.2, 0) is 12.8 Å². The molecule has 0 fully saturated rings. The molecule has 2 N–H and O–H groups in total. The zero-order chi connectivity index (χ0) is 7.40. The Morgan fingerprint density at radius 1 is 1.00 bits per heavy atom. The van der Waals surface area contributed by atoms with E-state index in [-0.39, 0.29) is 0 Å². The fourth-order valence-electron chi connectivity index (χ4n) is 1.14. The SMILES string of the molecule is NF.c1ccc2c(c1)CC2. The van der Waals surface area contributed by atoms with Crippen molar-refractivity contribution in [2.75, 3.05) is 0 Å². The molecule has 1 aromatic rings. The monoisotopic (exact) mass is 139 g/mol. The molecule has 0 aliphatic heterocycles. The minimum Gasteiger partial charge on any atom is -0.172 e. The highest BCUT2D eigenvalue weighted by Crippen LogP contribution is 2.20. The molecule has 0 saturated carbocycles. The second-order valence-electron chi connectivity index (χ2n) is 2.27. The molecule has 1 aromatic carbocycles. The van der Waals surface area contributed by atoms with Crippen LogP contribution in [0.25, 0.3) is 0 Å². The molecule has 0 atom stereocenters. The van der Waals surface area contributed by atoms with E-state index in [2.05, 4.69) is 30.2 Å². The first-order valence-electron chi connectivity index (χ1n) is 3.25. The standard InChI is InChI=1S/C8H8.FH2N/c1-2-4-8-6-5-7(8)3-1;1-2/h1-4H,5-6H2;2H2. The summed E-state index contributed by atoms with van der Waals surface area (Å²) in [4.78, 5) is 0. The molecule has 1 nitrogen and oxygen atoms in total. The van der Waals surface area contributed by atoms with Gasteiger partial charge >= 0.3 is 0 Å². The maximum Gasteiger partial charge on any atom is -0.0235 e. The third kappa shape index (κ3) is 1.16. The molecule has 0 saturated heterocycles. The van der Waals surface area contributed by atoms with Gasteiger partial charge in [-0.05, 0) is 24.0 Å². The summed E-state index contributed by atoms with van der Waals surface area (Å²) in [5.41, 5.74) is 3.10. The van der Waals surface area contributed by atoms with E-state index in [1.54, 1.807) is 11.1 Å². The average molecular weight is 139 g/mol. The van der Waals surface area contributed by atoms with Gasteiger partial charge in [0, 0.05) is 0 Å². The van der Waals surface area contributed by atoms with Crippen LogP contribution < -0.4 is 5.96 Å². The lowest BCUT2D eigenvalue weighted by Crippen LogP contribution is -2.06. The van der Waals surface area contributed by atoms with Crippen LogP contribution in [0.2, 0.25) is 0 Å². The van der Waals surface area contributed by atoms with Gasteiger partial charge in [-0.15, -0.1) is 4.48 Å². The molecule has 2 heteroatoms. The van der Waals surface area contributed by atoms with Crippen LogP contribution >= 0.6 is 0 Å². The second kappa shape index (κ2) is 3.32. The second-order valence-corrected chi connectivity index (χ2v) is 2.27. The lowest BCUT2D eigenvalue weighted by atomic mass is 9.89. The van der Waals surface area contributed by atoms with Crippen LogP contribution in [0.4, 0.5) is 4.48 Å². The van der Waals surface area contributed by atoms with Gasteiger partial charge in [-0.1, -0.05) is 24.3 Å². The number of fused-ring (bicyclic) bond motifs is 1. The Kier molecular flexibility index (Phi) is 2.40. The van der Waals surface area contributed by atoms with E-state index in [0.29, 0.717) is 0 Å². The fourth-order valence-corrected chi connectivity index (χ4v) is 1.14. The number of halogens is 1. The van der Waals surface area contributed by atoms with Crippen molar-refractivity contribution in [3.8, 4) is 0 Å². The number of hydrogen-bond donors (Lipinski definition) is 1. The quantitative estimate of drug-likeness (QED) is 0.543. The van der Waals surface area contributed by atoms with E-state index in [9.17, 15) is 0 Å². The van der Waals surface area contributed by atoms with Crippen molar-refractivity contribution >= 4 is 0 Å². The van der Waals surface area contributed by atoms with E-state index in [1.807, 2.05) is 0 Å². The lowest BCUT2D eigenvalue weighted by molar-refractivity contribution is 0.530. The number of aryl methyl sites for hydroxylation is 2. The maximum atomic E-state index is 9.00. The molecule has 0 amide bonds. The van der Waals surface area contributed by atoms with E-state index < -0.39 is 0 Å². The molecule has 1 aliphatic rings. The summed E-state index contributed by atoms with van der Waals surface area (Å²) in [6.45, 7) is 0. The van der Waals surface area contributed by atoms with Gasteiger partial charge in [0.25, 0.3) is 0 Å². The molecular formula is C8H10FN. The van der Waals surface area contributed by atoms with Crippen LogP contribution in [-0.4, -0.2) is 0 Å². The molecule has 0 bridgehead atoms. The Hall–Kier alpha value is -0.890. The number of nitrogens with two attached hydrogens (primary N) is 1. The first-order chi connectivity index (χ1) is 4.97. The van der Waals surface area contributed by atoms with E-state index in [0.717, 1.165) is 0 Å². The Bertz CT molecular complexity index is 187. The third-order valence-electron chi connectivity index (χ3n) is 1.78. The van der Waals surface area contributed by atoms with Crippen LogP contribution in [0.1, 0.15) is 11.1 Å². The molecule has 10 heavy (non-hydrogen) atoms. The summed E-state index contributed by atoms with van der Waals surface area (Å²) < 4.78 is 9.00. The number of rotatable bonds is 0. The van der Waals surface area contributed by atoms with E-state index in [1.165, 1.54) is 12.8 Å². The van der Waals surface area contributed by atoms with Crippen LogP contribution in [0.3, 0.4) is 0 Å². The van der Waals surface area contributed by atoms with Gasteiger partial charge in [0.2, 0.25) is 0 Å². The molecule has 0 spiro atoms. The smallest absolute Gasteiger partial charge is 0.0235 e. The number of benzene rings is 1. The molecule has 0 unspecified atom stereocenters. The first kappa shape index (κ1) is 7.22. The predicted molar refractivity (Wildman–Crippen MR) is 39.1 cm³/mol. The highest BCUT2D eigenvalue weighted by Gasteiger charge is 2.09. The molecule has 0 aromatic heterocycles. The summed E-state index contributed by atoms with van der Waals surface area (Å²) in [5, 5.41) is 0. The summed E-state index contributed by atoms with van der Waals surface area (Å²) >= 11 is 0. The highest BCUT2D eigenvalue weighted by atomic mass is 19.2. The van der Waals surface area contributed by atoms with Crippen molar-refractivity contribution in [3.63, 3.8) is 0 Å². The number of hydrogen-bond acceptors (Lipinski definition) is 1. The van der Waals surface area contributed by atoms with Gasteiger partial charge in [-0.3, -0.25) is 0 Å². The Morgan fingerprint density at radius 3 is 1.60 bits per heavy atom. The van der Waals surface area contributed by atoms with Crippen molar-refractivity contribution in [3.05, 3.63) is 35.4 Å². The zero-order valence-electron chi connectivity index (χ0n) is 5.68. The molecule has 1 aliphatic carbocycles. The maximum absolute atomic E-state index is 9.00. The topological polar surface area (TPSA) is 26.0 Å². The van der Waals surface area contributed by atoms with Crippen LogP contribution in [0.5, 0.6) is 0 Å². The minimum atomic E-state index is 1.30. The first-order valence-corrected chi connectivity index (χ1v) is 3.25. The summed E-state index contributed by atoms with van der Waals surface area (Å²) in [6, 6.07) is 8.63. The minimum absolute atomic E-state index is 1.30. The zero-order valence-corrected chi connectivity index (χ0v) is 5.68. The van der Waals surface area contributed by atoms with Gasteiger partial charge in [0.15, 0.2) is 0 Å². The molecule has 2 rings (SSSR count). The summed E-state index contributed by atoms with van der Waals surface area (Å²) in [6.07, 6.45) is 2.60. The van der Waals surface area contributed by atoms with Crippen molar-refractivity contribution in [2.24, 2.45) is 5.96 Å². The van der Waals surface area contributed by atoms with Crippen molar-refractivity contribution in [1.82, 2.24) is 0 Å². The Balaban J connectivity index is 0.000000231. The predicted octanol–water partition coefficient (Wildman–Crippen LogP) is 1.61. The Morgan fingerprint density at radius 2 is 1.40 bits per heavy atom. The fraction of sp³-hybridized carbons (Fsp3) is 0.250. The summed E-state index contributed by atoms with van der Waals surface area (Å²) in [7, 11) is 0. The summed E-state index contributed by atoms with van der Waals surface area (Å²) in [5.74, 6) is 3.00. The van der Waals surface area contributed by atoms with Gasteiger partial charge in [-0.25, -0.2) is 0 Å². The van der Waals surface area contributed by atoms with Gasteiger partial charge in [0.1, 0.15) is 0 Å². The lowest BCUT2D eigenvalue weighted by Gasteiger charge is -2.16. The van der Waals surface area contributed by atoms with E-state index >= 15 is 0 Å².